The van der Waals surface area contributed by atoms with Crippen LogP contribution in [0.25, 0.3) is 11.0 Å². The van der Waals surface area contributed by atoms with Gasteiger partial charge in [-0.05, 0) is 12.1 Å². The fourth-order valence-corrected chi connectivity index (χ4v) is 2.52. The van der Waals surface area contributed by atoms with Crippen molar-refractivity contribution >= 4 is 22.9 Å². The molecule has 1 atom stereocenters. The van der Waals surface area contributed by atoms with Gasteiger partial charge in [0.1, 0.15) is 11.6 Å². The number of benzene rings is 1. The molecule has 27 heavy (non-hydrogen) atoms. The summed E-state index contributed by atoms with van der Waals surface area (Å²) in [5.74, 6) is -3.88. The number of aromatic amines is 1. The van der Waals surface area contributed by atoms with Crippen molar-refractivity contribution in [2.24, 2.45) is 0 Å². The fourth-order valence-electron chi connectivity index (χ4n) is 2.52. The van der Waals surface area contributed by atoms with Gasteiger partial charge >= 0.3 is 5.97 Å². The molecule has 0 spiro atoms. The highest BCUT2D eigenvalue weighted by Gasteiger charge is 2.22. The molecule has 0 saturated heterocycles. The standard InChI is InChI=1S/C17H12F2N4O4/c18-9-1-2-10(12(19)4-9)13(5-14(24)25)23-16(26)8-3-11-15(20-6-8)21-7-22-17(11)27/h1-4,6-7,13H,5H2,(H,23,26)(H,24,25)(H,20,21,22,27)/t13-/m0/s1. The molecule has 8 nitrogen and oxygen atoms in total. The number of carboxylic acid groups (broad SMARTS) is 1. The Balaban J connectivity index is 1.93. The monoisotopic (exact) mass is 374 g/mol. The lowest BCUT2D eigenvalue weighted by Gasteiger charge is -2.18. The average Bonchev–Trinajstić information content (AvgIpc) is 2.61. The Morgan fingerprint density at radius 2 is 2.00 bits per heavy atom. The zero-order chi connectivity index (χ0) is 19.6. The molecule has 0 fully saturated rings. The molecule has 0 bridgehead atoms. The number of hydrogen-bond donors (Lipinski definition) is 3. The van der Waals surface area contributed by atoms with Crippen LogP contribution in [-0.4, -0.2) is 31.9 Å². The number of amides is 1. The number of carbonyl (C=O) groups excluding carboxylic acids is 1. The minimum Gasteiger partial charge on any atom is -0.481 e. The van der Waals surface area contributed by atoms with Crippen LogP contribution in [-0.2, 0) is 4.79 Å². The predicted octanol–water partition coefficient (Wildman–Crippen LogP) is 1.54. The van der Waals surface area contributed by atoms with E-state index in [0.29, 0.717) is 6.07 Å². The van der Waals surface area contributed by atoms with Crippen molar-refractivity contribution in [3.05, 3.63) is 69.9 Å². The quantitative estimate of drug-likeness (QED) is 0.622. The second-order valence-corrected chi connectivity index (χ2v) is 5.62. The summed E-state index contributed by atoms with van der Waals surface area (Å²) in [6.07, 6.45) is 1.69. The Morgan fingerprint density at radius 1 is 1.22 bits per heavy atom. The third-order valence-corrected chi connectivity index (χ3v) is 3.78. The molecule has 2 aromatic heterocycles. The van der Waals surface area contributed by atoms with Crippen LogP contribution in [0.3, 0.4) is 0 Å². The van der Waals surface area contributed by atoms with Crippen molar-refractivity contribution in [3.8, 4) is 0 Å². The van der Waals surface area contributed by atoms with Crippen molar-refractivity contribution in [2.75, 3.05) is 0 Å². The van der Waals surface area contributed by atoms with E-state index in [1.165, 1.54) is 6.07 Å². The molecule has 1 aromatic carbocycles. The second-order valence-electron chi connectivity index (χ2n) is 5.62. The maximum Gasteiger partial charge on any atom is 0.305 e. The Hall–Kier alpha value is -3.69. The van der Waals surface area contributed by atoms with Gasteiger partial charge in [-0.25, -0.2) is 18.7 Å². The molecule has 1 amide bonds. The van der Waals surface area contributed by atoms with E-state index < -0.39 is 41.5 Å². The number of pyridine rings is 1. The second kappa shape index (κ2) is 7.28. The number of aromatic nitrogens is 3. The van der Waals surface area contributed by atoms with Crippen LogP contribution in [0.2, 0.25) is 0 Å². The number of hydrogen-bond acceptors (Lipinski definition) is 5. The molecule has 0 aliphatic rings. The highest BCUT2D eigenvalue weighted by atomic mass is 19.1. The molecule has 0 radical (unpaired) electrons. The van der Waals surface area contributed by atoms with Crippen LogP contribution < -0.4 is 10.9 Å². The smallest absolute Gasteiger partial charge is 0.305 e. The number of nitrogens with zero attached hydrogens (tertiary/aromatic N) is 2. The van der Waals surface area contributed by atoms with Crippen LogP contribution in [0, 0.1) is 11.6 Å². The first-order chi connectivity index (χ1) is 12.8. The summed E-state index contributed by atoms with van der Waals surface area (Å²) >= 11 is 0. The molecule has 0 unspecified atom stereocenters. The van der Waals surface area contributed by atoms with Gasteiger partial charge in [0.15, 0.2) is 5.65 Å². The van der Waals surface area contributed by atoms with Gasteiger partial charge in [0.05, 0.1) is 29.7 Å². The Morgan fingerprint density at radius 3 is 2.70 bits per heavy atom. The van der Waals surface area contributed by atoms with E-state index in [1.807, 2.05) is 0 Å². The lowest BCUT2D eigenvalue weighted by molar-refractivity contribution is -0.137. The summed E-state index contributed by atoms with van der Waals surface area (Å²) < 4.78 is 27.1. The molecule has 3 N–H and O–H groups in total. The number of rotatable bonds is 5. The molecular formula is C17H12F2N4O4. The van der Waals surface area contributed by atoms with Gasteiger partial charge in [-0.15, -0.1) is 0 Å². The first-order valence-corrected chi connectivity index (χ1v) is 7.66. The first kappa shape index (κ1) is 18.1. The van der Waals surface area contributed by atoms with Crippen LogP contribution >= 0.6 is 0 Å². The predicted molar refractivity (Wildman–Crippen MR) is 89.0 cm³/mol. The lowest BCUT2D eigenvalue weighted by atomic mass is 10.0. The average molecular weight is 374 g/mol. The topological polar surface area (TPSA) is 125 Å². The van der Waals surface area contributed by atoms with Crippen LogP contribution in [0.1, 0.15) is 28.4 Å². The molecule has 2 heterocycles. The van der Waals surface area contributed by atoms with Gasteiger partial charge < -0.3 is 15.4 Å². The molecule has 10 heteroatoms. The van der Waals surface area contributed by atoms with Crippen molar-refractivity contribution in [1.82, 2.24) is 20.3 Å². The van der Waals surface area contributed by atoms with E-state index >= 15 is 0 Å². The van der Waals surface area contributed by atoms with Gasteiger partial charge in [0.25, 0.3) is 11.5 Å². The Bertz CT molecular complexity index is 1100. The van der Waals surface area contributed by atoms with Gasteiger partial charge in [-0.1, -0.05) is 6.07 Å². The minimum atomic E-state index is -1.29. The van der Waals surface area contributed by atoms with Crippen molar-refractivity contribution < 1.29 is 23.5 Å². The molecule has 0 aliphatic heterocycles. The third kappa shape index (κ3) is 3.94. The first-order valence-electron chi connectivity index (χ1n) is 7.66. The summed E-state index contributed by atoms with van der Waals surface area (Å²) in [5.41, 5.74) is -0.602. The molecule has 138 valence electrons. The number of H-pyrrole nitrogens is 1. The maximum atomic E-state index is 14.0. The molecular weight excluding hydrogens is 362 g/mol. The van der Waals surface area contributed by atoms with Gasteiger partial charge in [0, 0.05) is 17.8 Å². The van der Waals surface area contributed by atoms with Gasteiger partial charge in [-0.3, -0.25) is 14.4 Å². The third-order valence-electron chi connectivity index (χ3n) is 3.78. The number of halogens is 2. The van der Waals surface area contributed by atoms with Crippen molar-refractivity contribution in [2.45, 2.75) is 12.5 Å². The van der Waals surface area contributed by atoms with E-state index in [1.54, 1.807) is 0 Å². The Labute approximate surface area is 149 Å². The van der Waals surface area contributed by atoms with E-state index in [0.717, 1.165) is 24.7 Å². The molecule has 3 rings (SSSR count). The van der Waals surface area contributed by atoms with Gasteiger partial charge in [-0.2, -0.15) is 0 Å². The number of fused-ring (bicyclic) bond motifs is 1. The highest BCUT2D eigenvalue weighted by Crippen LogP contribution is 2.22. The highest BCUT2D eigenvalue weighted by molar-refractivity contribution is 5.97. The summed E-state index contributed by atoms with van der Waals surface area (Å²) in [6, 6.07) is 2.61. The molecule has 3 aromatic rings. The number of carbonyl (C=O) groups is 2. The van der Waals surface area contributed by atoms with E-state index in [9.17, 15) is 23.2 Å². The molecule has 0 aliphatic carbocycles. The maximum absolute atomic E-state index is 14.0. The minimum absolute atomic E-state index is 0.0427. The van der Waals surface area contributed by atoms with Crippen LogP contribution in [0.5, 0.6) is 0 Å². The van der Waals surface area contributed by atoms with Crippen molar-refractivity contribution in [1.29, 1.82) is 0 Å². The van der Waals surface area contributed by atoms with Crippen molar-refractivity contribution in [3.63, 3.8) is 0 Å². The summed E-state index contributed by atoms with van der Waals surface area (Å²) in [6.45, 7) is 0. The zero-order valence-corrected chi connectivity index (χ0v) is 13.6. The van der Waals surface area contributed by atoms with Gasteiger partial charge in [0.2, 0.25) is 0 Å². The van der Waals surface area contributed by atoms with Crippen LogP contribution in [0.4, 0.5) is 8.78 Å². The van der Waals surface area contributed by atoms with Crippen LogP contribution in [0.15, 0.2) is 41.6 Å². The summed E-state index contributed by atoms with van der Waals surface area (Å²) in [5, 5.41) is 11.5. The lowest BCUT2D eigenvalue weighted by Crippen LogP contribution is -2.31. The largest absolute Gasteiger partial charge is 0.481 e. The van der Waals surface area contributed by atoms with E-state index in [-0.39, 0.29) is 22.2 Å². The number of nitrogens with one attached hydrogen (secondary N) is 2. The summed E-state index contributed by atoms with van der Waals surface area (Å²) in [4.78, 5) is 45.4. The SMILES string of the molecule is O=C(O)C[C@H](NC(=O)c1cnc2nc[nH]c(=O)c2c1)c1ccc(F)cc1F. The zero-order valence-electron chi connectivity index (χ0n) is 13.6. The summed E-state index contributed by atoms with van der Waals surface area (Å²) in [7, 11) is 0. The number of aliphatic carboxylic acids is 1. The van der Waals surface area contributed by atoms with E-state index in [2.05, 4.69) is 20.3 Å². The fraction of sp³-hybridized carbons (Fsp3) is 0.118. The Kier molecular flexibility index (Phi) is 4.88. The number of carboxylic acids is 1. The van der Waals surface area contributed by atoms with E-state index in [4.69, 9.17) is 5.11 Å². The normalized spacial score (nSPS) is 11.9. The molecule has 0 saturated carbocycles.